The highest BCUT2D eigenvalue weighted by Crippen LogP contribution is 1.96. The predicted octanol–water partition coefficient (Wildman–Crippen LogP) is 0.393. The van der Waals surface area contributed by atoms with Gasteiger partial charge in [-0.3, -0.25) is 5.10 Å². The van der Waals surface area contributed by atoms with E-state index in [1.807, 2.05) is 0 Å². The number of ether oxygens (including phenoxy) is 1. The van der Waals surface area contributed by atoms with Gasteiger partial charge in [-0.1, -0.05) is 0 Å². The Morgan fingerprint density at radius 1 is 1.77 bits per heavy atom. The van der Waals surface area contributed by atoms with E-state index in [1.54, 1.807) is 14.0 Å². The molecule has 0 fully saturated rings. The molecule has 6 heteroatoms. The van der Waals surface area contributed by atoms with Crippen LogP contribution < -0.4 is 0 Å². The quantitative estimate of drug-likeness (QED) is 0.737. The summed E-state index contributed by atoms with van der Waals surface area (Å²) in [6.45, 7) is 2.51. The second-order valence-corrected chi connectivity index (χ2v) is 2.49. The molecular weight excluding hydrogens is 172 g/mol. The number of H-pyrrole nitrogens is 1. The molecule has 0 bridgehead atoms. The van der Waals surface area contributed by atoms with E-state index >= 15 is 0 Å². The van der Waals surface area contributed by atoms with Crippen molar-refractivity contribution in [3.63, 3.8) is 0 Å². The van der Waals surface area contributed by atoms with Crippen molar-refractivity contribution in [3.8, 4) is 0 Å². The smallest absolute Gasteiger partial charge is 0.409 e. The van der Waals surface area contributed by atoms with Crippen molar-refractivity contribution in [2.75, 3.05) is 13.7 Å². The van der Waals surface area contributed by atoms with Gasteiger partial charge in [-0.15, -0.1) is 0 Å². The molecule has 6 nitrogen and oxygen atoms in total. The Morgan fingerprint density at radius 2 is 2.54 bits per heavy atom. The molecule has 1 amide bonds. The molecule has 0 radical (unpaired) electrons. The number of carbonyl (C=O) groups is 1. The maximum atomic E-state index is 11.1. The lowest BCUT2D eigenvalue weighted by molar-refractivity contribution is 0.113. The first kappa shape index (κ1) is 9.50. The van der Waals surface area contributed by atoms with Crippen LogP contribution >= 0.6 is 0 Å². The fraction of sp³-hybridized carbons (Fsp3) is 0.571. The van der Waals surface area contributed by atoms with Crippen LogP contribution in [0.4, 0.5) is 4.79 Å². The third-order valence-electron chi connectivity index (χ3n) is 1.43. The third-order valence-corrected chi connectivity index (χ3v) is 1.43. The number of nitrogens with one attached hydrogen (secondary N) is 1. The van der Waals surface area contributed by atoms with E-state index in [2.05, 4.69) is 15.2 Å². The number of nitrogens with zero attached hydrogens (tertiary/aromatic N) is 3. The molecule has 72 valence electrons. The third kappa shape index (κ3) is 2.73. The molecule has 1 N–H and O–H groups in total. The number of amides is 1. The van der Waals surface area contributed by atoms with Crippen LogP contribution in [0.2, 0.25) is 0 Å². The molecule has 0 unspecified atom stereocenters. The summed E-state index contributed by atoms with van der Waals surface area (Å²) in [6, 6.07) is 0. The number of aromatic amines is 1. The summed E-state index contributed by atoms with van der Waals surface area (Å²) in [5, 5.41) is 6.32. The predicted molar refractivity (Wildman–Crippen MR) is 44.9 cm³/mol. The van der Waals surface area contributed by atoms with Crippen LogP contribution in [-0.4, -0.2) is 39.8 Å². The van der Waals surface area contributed by atoms with E-state index < -0.39 is 0 Å². The Kier molecular flexibility index (Phi) is 3.24. The van der Waals surface area contributed by atoms with E-state index in [1.165, 1.54) is 11.2 Å². The highest BCUT2D eigenvalue weighted by Gasteiger charge is 2.10. The maximum absolute atomic E-state index is 11.1. The Morgan fingerprint density at radius 3 is 3.08 bits per heavy atom. The van der Waals surface area contributed by atoms with Crippen molar-refractivity contribution < 1.29 is 9.53 Å². The van der Waals surface area contributed by atoms with Gasteiger partial charge in [0, 0.05) is 7.05 Å². The molecule has 0 atom stereocenters. The molecule has 0 aliphatic carbocycles. The van der Waals surface area contributed by atoms with Crippen LogP contribution in [0.25, 0.3) is 0 Å². The van der Waals surface area contributed by atoms with Gasteiger partial charge in [0.2, 0.25) is 0 Å². The van der Waals surface area contributed by atoms with Gasteiger partial charge in [0.25, 0.3) is 0 Å². The van der Waals surface area contributed by atoms with Gasteiger partial charge >= 0.3 is 6.09 Å². The highest BCUT2D eigenvalue weighted by molar-refractivity contribution is 5.66. The zero-order valence-electron chi connectivity index (χ0n) is 7.65. The van der Waals surface area contributed by atoms with Crippen molar-refractivity contribution in [1.82, 2.24) is 20.1 Å². The lowest BCUT2D eigenvalue weighted by atomic mass is 10.5. The highest BCUT2D eigenvalue weighted by atomic mass is 16.5. The summed E-state index contributed by atoms with van der Waals surface area (Å²) in [7, 11) is 1.64. The minimum Gasteiger partial charge on any atom is -0.450 e. The van der Waals surface area contributed by atoms with Gasteiger partial charge in [0.1, 0.15) is 12.2 Å². The average Bonchev–Trinajstić information content (AvgIpc) is 2.57. The van der Waals surface area contributed by atoms with Crippen molar-refractivity contribution in [2.45, 2.75) is 13.5 Å². The Bertz CT molecular complexity index is 259. The van der Waals surface area contributed by atoms with Gasteiger partial charge in [-0.25, -0.2) is 9.78 Å². The Hall–Kier alpha value is -1.59. The molecule has 1 rings (SSSR count). The number of hydrogen-bond acceptors (Lipinski definition) is 4. The first-order chi connectivity index (χ1) is 6.24. The van der Waals surface area contributed by atoms with Crippen molar-refractivity contribution >= 4 is 6.09 Å². The van der Waals surface area contributed by atoms with Gasteiger partial charge < -0.3 is 9.64 Å². The standard InChI is InChI=1S/C7H12N4O2/c1-3-13-7(12)11(2)4-6-8-5-9-10-6/h5H,3-4H2,1-2H3,(H,8,9,10). The molecule has 0 aliphatic heterocycles. The van der Waals surface area contributed by atoms with Crippen LogP contribution in [0.3, 0.4) is 0 Å². The van der Waals surface area contributed by atoms with Gasteiger partial charge in [-0.2, -0.15) is 5.10 Å². The van der Waals surface area contributed by atoms with Gasteiger partial charge in [0.05, 0.1) is 13.2 Å². The monoisotopic (exact) mass is 184 g/mol. The second kappa shape index (κ2) is 4.44. The molecular formula is C7H12N4O2. The molecule has 1 aromatic rings. The van der Waals surface area contributed by atoms with E-state index in [0.717, 1.165) is 0 Å². The first-order valence-electron chi connectivity index (χ1n) is 3.96. The van der Waals surface area contributed by atoms with Crippen LogP contribution in [0.15, 0.2) is 6.33 Å². The Labute approximate surface area is 75.9 Å². The zero-order chi connectivity index (χ0) is 9.68. The summed E-state index contributed by atoms with van der Waals surface area (Å²) in [6.07, 6.45) is 1.04. The van der Waals surface area contributed by atoms with Crippen molar-refractivity contribution in [2.24, 2.45) is 0 Å². The minimum atomic E-state index is -0.362. The van der Waals surface area contributed by atoms with Crippen molar-refractivity contribution in [1.29, 1.82) is 0 Å². The number of aromatic nitrogens is 3. The summed E-state index contributed by atoms with van der Waals surface area (Å²) in [4.78, 5) is 16.4. The molecule has 0 spiro atoms. The molecule has 1 aromatic heterocycles. The summed E-state index contributed by atoms with van der Waals surface area (Å²) >= 11 is 0. The number of hydrogen-bond donors (Lipinski definition) is 1. The topological polar surface area (TPSA) is 71.1 Å². The second-order valence-electron chi connectivity index (χ2n) is 2.49. The van der Waals surface area contributed by atoms with Crippen LogP contribution in [0.5, 0.6) is 0 Å². The molecule has 0 aromatic carbocycles. The number of carbonyl (C=O) groups excluding carboxylic acids is 1. The molecule has 1 heterocycles. The van der Waals surface area contributed by atoms with Crippen molar-refractivity contribution in [3.05, 3.63) is 12.2 Å². The largest absolute Gasteiger partial charge is 0.450 e. The average molecular weight is 184 g/mol. The fourth-order valence-corrected chi connectivity index (χ4v) is 0.830. The summed E-state index contributed by atoms with van der Waals surface area (Å²) in [5.74, 6) is 0.635. The SMILES string of the molecule is CCOC(=O)N(C)Cc1ncn[nH]1. The first-order valence-corrected chi connectivity index (χ1v) is 3.96. The summed E-state index contributed by atoms with van der Waals surface area (Å²) in [5.41, 5.74) is 0. The molecule has 0 saturated heterocycles. The molecule has 0 saturated carbocycles. The maximum Gasteiger partial charge on any atom is 0.409 e. The van der Waals surface area contributed by atoms with Gasteiger partial charge in [-0.05, 0) is 6.92 Å². The van der Waals surface area contributed by atoms with Gasteiger partial charge in [0.15, 0.2) is 0 Å². The van der Waals surface area contributed by atoms with E-state index in [9.17, 15) is 4.79 Å². The normalized spacial score (nSPS) is 9.69. The molecule has 13 heavy (non-hydrogen) atoms. The van der Waals surface area contributed by atoms with Crippen LogP contribution in [0.1, 0.15) is 12.7 Å². The summed E-state index contributed by atoms with van der Waals surface area (Å²) < 4.78 is 4.78. The number of rotatable bonds is 3. The minimum absolute atomic E-state index is 0.362. The lowest BCUT2D eigenvalue weighted by Crippen LogP contribution is -2.27. The van der Waals surface area contributed by atoms with Crippen LogP contribution in [0, 0.1) is 0 Å². The van der Waals surface area contributed by atoms with E-state index in [4.69, 9.17) is 4.74 Å². The van der Waals surface area contributed by atoms with E-state index in [-0.39, 0.29) is 6.09 Å². The van der Waals surface area contributed by atoms with Crippen LogP contribution in [-0.2, 0) is 11.3 Å². The van der Waals surface area contributed by atoms with E-state index in [0.29, 0.717) is 19.0 Å². The lowest BCUT2D eigenvalue weighted by Gasteiger charge is -2.14. The Balaban J connectivity index is 2.41. The fourth-order valence-electron chi connectivity index (χ4n) is 0.830. The zero-order valence-corrected chi connectivity index (χ0v) is 7.65. The molecule has 0 aliphatic rings.